The van der Waals surface area contributed by atoms with E-state index in [-0.39, 0.29) is 6.10 Å². The van der Waals surface area contributed by atoms with Gasteiger partial charge in [-0.15, -0.1) is 0 Å². The highest BCUT2D eigenvalue weighted by Gasteiger charge is 2.26. The van der Waals surface area contributed by atoms with Crippen LogP contribution in [0.4, 0.5) is 0 Å². The number of rotatable bonds is 3. The van der Waals surface area contributed by atoms with E-state index in [9.17, 15) is 5.11 Å². The molecule has 0 heterocycles. The van der Waals surface area contributed by atoms with Crippen molar-refractivity contribution in [1.29, 1.82) is 0 Å². The maximum Gasteiger partial charge on any atom is 0.0543 e. The van der Waals surface area contributed by atoms with E-state index >= 15 is 0 Å². The van der Waals surface area contributed by atoms with Gasteiger partial charge in [-0.25, -0.2) is 0 Å². The molecule has 0 aliphatic heterocycles. The van der Waals surface area contributed by atoms with Gasteiger partial charge in [0, 0.05) is 6.04 Å². The van der Waals surface area contributed by atoms with Gasteiger partial charge in [-0.2, -0.15) is 0 Å². The van der Waals surface area contributed by atoms with Gasteiger partial charge < -0.3 is 10.4 Å². The molecule has 3 unspecified atom stereocenters. The lowest BCUT2D eigenvalue weighted by Gasteiger charge is -2.17. The standard InChI is InChI=1S/C16H23NO/c1-11-2-4-13-5-7-16(15(13)8-11)17-10-12-3-6-14(18)9-12/h2,4,8,12,14,16-18H,3,5-7,9-10H2,1H3. The summed E-state index contributed by atoms with van der Waals surface area (Å²) in [5.41, 5.74) is 4.39. The molecule has 0 bridgehead atoms. The van der Waals surface area contributed by atoms with Crippen LogP contribution in [0, 0.1) is 12.8 Å². The number of hydrogen-bond donors (Lipinski definition) is 2. The molecule has 1 fully saturated rings. The summed E-state index contributed by atoms with van der Waals surface area (Å²) in [4.78, 5) is 0. The Morgan fingerprint density at radius 3 is 2.94 bits per heavy atom. The molecule has 3 rings (SSSR count). The zero-order chi connectivity index (χ0) is 12.5. The summed E-state index contributed by atoms with van der Waals surface area (Å²) in [5.74, 6) is 0.675. The Morgan fingerprint density at radius 2 is 2.17 bits per heavy atom. The second-order valence-electron chi connectivity index (χ2n) is 6.03. The van der Waals surface area contributed by atoms with E-state index in [1.54, 1.807) is 0 Å². The first-order chi connectivity index (χ1) is 8.72. The number of benzene rings is 1. The molecule has 98 valence electrons. The number of aryl methyl sites for hydroxylation is 2. The molecule has 1 aromatic rings. The number of aliphatic hydroxyl groups is 1. The number of hydrogen-bond acceptors (Lipinski definition) is 2. The fraction of sp³-hybridized carbons (Fsp3) is 0.625. The van der Waals surface area contributed by atoms with Crippen LogP contribution in [0.2, 0.25) is 0 Å². The lowest BCUT2D eigenvalue weighted by molar-refractivity contribution is 0.177. The van der Waals surface area contributed by atoms with Crippen LogP contribution in [-0.4, -0.2) is 17.8 Å². The number of fused-ring (bicyclic) bond motifs is 1. The van der Waals surface area contributed by atoms with Gasteiger partial charge in [-0.1, -0.05) is 23.8 Å². The van der Waals surface area contributed by atoms with Gasteiger partial charge in [0.25, 0.3) is 0 Å². The maximum atomic E-state index is 9.56. The average molecular weight is 245 g/mol. The van der Waals surface area contributed by atoms with E-state index < -0.39 is 0 Å². The minimum absolute atomic E-state index is 0.0464. The molecule has 2 N–H and O–H groups in total. The Bertz CT molecular complexity index is 429. The molecule has 3 atom stereocenters. The molecule has 2 aliphatic carbocycles. The molecule has 0 saturated heterocycles. The fourth-order valence-corrected chi connectivity index (χ4v) is 3.48. The minimum atomic E-state index is -0.0464. The summed E-state index contributed by atoms with van der Waals surface area (Å²) in [6.45, 7) is 3.23. The summed E-state index contributed by atoms with van der Waals surface area (Å²) in [5, 5.41) is 13.3. The molecule has 18 heavy (non-hydrogen) atoms. The molecule has 0 amide bonds. The largest absolute Gasteiger partial charge is 0.393 e. The maximum absolute atomic E-state index is 9.56. The summed E-state index contributed by atoms with van der Waals surface area (Å²) >= 11 is 0. The third-order valence-electron chi connectivity index (χ3n) is 4.55. The van der Waals surface area contributed by atoms with Crippen molar-refractivity contribution in [3.8, 4) is 0 Å². The predicted octanol–water partition coefficient (Wildman–Crippen LogP) is 2.73. The van der Waals surface area contributed by atoms with Crippen molar-refractivity contribution in [2.45, 2.75) is 51.2 Å². The lowest BCUT2D eigenvalue weighted by atomic mass is 10.0. The molecule has 0 aromatic heterocycles. The normalized spacial score (nSPS) is 30.7. The van der Waals surface area contributed by atoms with Crippen molar-refractivity contribution in [2.24, 2.45) is 5.92 Å². The fourth-order valence-electron chi connectivity index (χ4n) is 3.48. The molecule has 2 nitrogen and oxygen atoms in total. The monoisotopic (exact) mass is 245 g/mol. The minimum Gasteiger partial charge on any atom is -0.393 e. The highest BCUT2D eigenvalue weighted by atomic mass is 16.3. The van der Waals surface area contributed by atoms with Gasteiger partial charge in [0.05, 0.1) is 6.10 Å². The molecule has 1 saturated carbocycles. The van der Waals surface area contributed by atoms with Crippen LogP contribution < -0.4 is 5.32 Å². The first kappa shape index (κ1) is 12.2. The molecular formula is C16H23NO. The third kappa shape index (κ3) is 2.45. The predicted molar refractivity (Wildman–Crippen MR) is 73.6 cm³/mol. The summed E-state index contributed by atoms with van der Waals surface area (Å²) in [6, 6.07) is 7.38. The van der Waals surface area contributed by atoms with Gasteiger partial charge in [-0.05, 0) is 62.6 Å². The van der Waals surface area contributed by atoms with Gasteiger partial charge in [0.1, 0.15) is 0 Å². The summed E-state index contributed by atoms with van der Waals surface area (Å²) < 4.78 is 0. The van der Waals surface area contributed by atoms with Crippen LogP contribution >= 0.6 is 0 Å². The van der Waals surface area contributed by atoms with Gasteiger partial charge in [0.15, 0.2) is 0 Å². The highest BCUT2D eigenvalue weighted by Crippen LogP contribution is 2.33. The molecule has 0 radical (unpaired) electrons. The van der Waals surface area contributed by atoms with Crippen molar-refractivity contribution in [2.75, 3.05) is 6.54 Å². The van der Waals surface area contributed by atoms with Crippen molar-refractivity contribution < 1.29 is 5.11 Å². The zero-order valence-electron chi connectivity index (χ0n) is 11.2. The zero-order valence-corrected chi connectivity index (χ0v) is 11.2. The van der Waals surface area contributed by atoms with Crippen LogP contribution in [-0.2, 0) is 6.42 Å². The van der Waals surface area contributed by atoms with E-state index in [0.29, 0.717) is 12.0 Å². The van der Waals surface area contributed by atoms with Crippen LogP contribution in [0.15, 0.2) is 18.2 Å². The van der Waals surface area contributed by atoms with Crippen molar-refractivity contribution in [1.82, 2.24) is 5.32 Å². The van der Waals surface area contributed by atoms with Gasteiger partial charge >= 0.3 is 0 Å². The van der Waals surface area contributed by atoms with Gasteiger partial charge in [-0.3, -0.25) is 0 Å². The second kappa shape index (κ2) is 5.02. The van der Waals surface area contributed by atoms with Gasteiger partial charge in [0.2, 0.25) is 0 Å². The van der Waals surface area contributed by atoms with Crippen molar-refractivity contribution in [3.05, 3.63) is 34.9 Å². The number of nitrogens with one attached hydrogen (secondary N) is 1. The molecule has 2 heteroatoms. The van der Waals surface area contributed by atoms with E-state index in [4.69, 9.17) is 0 Å². The first-order valence-corrected chi connectivity index (χ1v) is 7.23. The molecular weight excluding hydrogens is 222 g/mol. The number of aliphatic hydroxyl groups excluding tert-OH is 1. The Labute approximate surface area is 109 Å². The van der Waals surface area contributed by atoms with E-state index in [0.717, 1.165) is 19.4 Å². The topological polar surface area (TPSA) is 32.3 Å². The summed E-state index contributed by atoms with van der Waals surface area (Å²) in [6.07, 6.45) is 5.55. The summed E-state index contributed by atoms with van der Waals surface area (Å²) in [7, 11) is 0. The van der Waals surface area contributed by atoms with Crippen molar-refractivity contribution in [3.63, 3.8) is 0 Å². The lowest BCUT2D eigenvalue weighted by Crippen LogP contribution is -2.25. The van der Waals surface area contributed by atoms with Crippen LogP contribution in [0.5, 0.6) is 0 Å². The average Bonchev–Trinajstić information content (AvgIpc) is 2.93. The highest BCUT2D eigenvalue weighted by molar-refractivity contribution is 5.37. The van der Waals surface area contributed by atoms with Crippen molar-refractivity contribution >= 4 is 0 Å². The van der Waals surface area contributed by atoms with E-state index in [1.807, 2.05) is 0 Å². The van der Waals surface area contributed by atoms with E-state index in [2.05, 4.69) is 30.4 Å². The molecule has 2 aliphatic rings. The molecule has 1 aromatic carbocycles. The smallest absolute Gasteiger partial charge is 0.0543 e. The Hall–Kier alpha value is -0.860. The first-order valence-electron chi connectivity index (χ1n) is 7.23. The SMILES string of the molecule is Cc1ccc2c(c1)C(NCC1CCC(O)C1)CC2. The second-order valence-corrected chi connectivity index (χ2v) is 6.03. The Morgan fingerprint density at radius 1 is 1.28 bits per heavy atom. The van der Waals surface area contributed by atoms with Crippen LogP contribution in [0.25, 0.3) is 0 Å². The molecule has 0 spiro atoms. The Balaban J connectivity index is 1.61. The van der Waals surface area contributed by atoms with Crippen LogP contribution in [0.1, 0.15) is 48.4 Å². The van der Waals surface area contributed by atoms with Crippen LogP contribution in [0.3, 0.4) is 0 Å². The quantitative estimate of drug-likeness (QED) is 0.858. The van der Waals surface area contributed by atoms with E-state index in [1.165, 1.54) is 36.0 Å². The third-order valence-corrected chi connectivity index (χ3v) is 4.55. The Kier molecular flexibility index (Phi) is 3.40.